The molecule has 0 aliphatic carbocycles. The van der Waals surface area contributed by atoms with Crippen LogP contribution in [0.2, 0.25) is 0 Å². The fourth-order valence-electron chi connectivity index (χ4n) is 3.05. The highest BCUT2D eigenvalue weighted by Crippen LogP contribution is 2.17. The molecule has 2 atom stereocenters. The van der Waals surface area contributed by atoms with Gasteiger partial charge in [0.2, 0.25) is 0 Å². The second-order valence-corrected chi connectivity index (χ2v) is 8.95. The second-order valence-electron chi connectivity index (χ2n) is 6.96. The first kappa shape index (κ1) is 19.5. The van der Waals surface area contributed by atoms with Gasteiger partial charge in [0.25, 0.3) is 5.91 Å². The first-order valence-electron chi connectivity index (χ1n) is 8.90. The van der Waals surface area contributed by atoms with Gasteiger partial charge in [-0.3, -0.25) is 4.79 Å². The zero-order chi connectivity index (χ0) is 19.4. The van der Waals surface area contributed by atoms with E-state index >= 15 is 0 Å². The first-order valence-corrected chi connectivity index (χ1v) is 10.6. The van der Waals surface area contributed by atoms with Crippen LogP contribution in [-0.2, 0) is 15.6 Å². The topological polar surface area (TPSA) is 95.5 Å². The van der Waals surface area contributed by atoms with E-state index in [1.165, 1.54) is 0 Å². The molecule has 2 aromatic rings. The fraction of sp³-hybridized carbons (Fsp3) is 0.350. The van der Waals surface area contributed by atoms with Crippen molar-refractivity contribution < 1.29 is 18.3 Å². The van der Waals surface area contributed by atoms with Crippen molar-refractivity contribution in [2.75, 3.05) is 19.6 Å². The summed E-state index contributed by atoms with van der Waals surface area (Å²) >= 11 is 0. The van der Waals surface area contributed by atoms with Crippen LogP contribution in [0.5, 0.6) is 0 Å². The largest absolute Gasteiger partial charge is 0.391 e. The normalized spacial score (nSPS) is 19.8. The summed E-state index contributed by atoms with van der Waals surface area (Å²) in [6.07, 6.45) is -0.445. The Bertz CT molecular complexity index is 893. The Morgan fingerprint density at radius 2 is 1.78 bits per heavy atom. The van der Waals surface area contributed by atoms with Gasteiger partial charge >= 0.3 is 0 Å². The summed E-state index contributed by atoms with van der Waals surface area (Å²) < 4.78 is 25.0. The average molecular weight is 388 g/mol. The number of aryl methyl sites for hydroxylation is 1. The molecule has 2 aromatic carbocycles. The van der Waals surface area contributed by atoms with Gasteiger partial charge in [0, 0.05) is 31.1 Å². The van der Waals surface area contributed by atoms with Crippen LogP contribution >= 0.6 is 0 Å². The number of amides is 1. The Kier molecular flexibility index (Phi) is 5.94. The van der Waals surface area contributed by atoms with Crippen molar-refractivity contribution in [3.63, 3.8) is 0 Å². The molecule has 0 aromatic heterocycles. The van der Waals surface area contributed by atoms with E-state index in [0.29, 0.717) is 35.7 Å². The van der Waals surface area contributed by atoms with E-state index in [9.17, 15) is 18.3 Å². The third-order valence-corrected chi connectivity index (χ3v) is 6.49. The van der Waals surface area contributed by atoms with Crippen molar-refractivity contribution in [1.82, 2.24) is 10.6 Å². The molecule has 1 aliphatic heterocycles. The Hall–Kier alpha value is -2.22. The summed E-state index contributed by atoms with van der Waals surface area (Å²) in [6.45, 7) is 3.53. The Labute approximate surface area is 159 Å². The van der Waals surface area contributed by atoms with E-state index in [1.807, 2.05) is 6.92 Å². The van der Waals surface area contributed by atoms with Crippen molar-refractivity contribution in [1.29, 1.82) is 0 Å². The SMILES string of the molecule is Cc1ccc(S(=O)(=O)Cc2ccc(C(=O)NCC3CNCC3O)cc2)cc1. The molecule has 1 saturated heterocycles. The summed E-state index contributed by atoms with van der Waals surface area (Å²) in [5, 5.41) is 15.6. The molecule has 0 bridgehead atoms. The van der Waals surface area contributed by atoms with Crippen molar-refractivity contribution in [2.45, 2.75) is 23.7 Å². The number of benzene rings is 2. The molecule has 3 rings (SSSR count). The van der Waals surface area contributed by atoms with Gasteiger partial charge < -0.3 is 15.7 Å². The number of aliphatic hydroxyl groups is 1. The van der Waals surface area contributed by atoms with Crippen LogP contribution < -0.4 is 10.6 Å². The third kappa shape index (κ3) is 4.94. The maximum Gasteiger partial charge on any atom is 0.251 e. The predicted octanol–water partition coefficient (Wildman–Crippen LogP) is 1.28. The summed E-state index contributed by atoms with van der Waals surface area (Å²) in [6, 6.07) is 13.3. The van der Waals surface area contributed by atoms with Crippen molar-refractivity contribution in [2.24, 2.45) is 5.92 Å². The quantitative estimate of drug-likeness (QED) is 0.693. The Balaban J connectivity index is 1.61. The van der Waals surface area contributed by atoms with Gasteiger partial charge in [-0.25, -0.2) is 8.42 Å². The van der Waals surface area contributed by atoms with Crippen LogP contribution in [0.15, 0.2) is 53.4 Å². The van der Waals surface area contributed by atoms with Crippen LogP contribution in [0.1, 0.15) is 21.5 Å². The molecule has 3 N–H and O–H groups in total. The minimum Gasteiger partial charge on any atom is -0.391 e. The number of aliphatic hydroxyl groups excluding tert-OH is 1. The Morgan fingerprint density at radius 1 is 1.11 bits per heavy atom. The molecule has 1 heterocycles. The maximum atomic E-state index is 12.5. The molecule has 0 radical (unpaired) electrons. The lowest BCUT2D eigenvalue weighted by molar-refractivity contribution is 0.0927. The molecule has 1 aliphatic rings. The Morgan fingerprint density at radius 3 is 2.37 bits per heavy atom. The van der Waals surface area contributed by atoms with Gasteiger partial charge in [0.15, 0.2) is 9.84 Å². The number of carbonyl (C=O) groups excluding carboxylic acids is 1. The summed E-state index contributed by atoms with van der Waals surface area (Å²) in [7, 11) is -3.43. The molecule has 7 heteroatoms. The number of nitrogens with one attached hydrogen (secondary N) is 2. The number of carbonyl (C=O) groups is 1. The standard InChI is InChI=1S/C20H24N2O4S/c1-14-2-8-18(9-3-14)27(25,26)13-15-4-6-16(7-5-15)20(24)22-11-17-10-21-12-19(17)23/h2-9,17,19,21,23H,10-13H2,1H3,(H,22,24). The van der Waals surface area contributed by atoms with E-state index in [4.69, 9.17) is 0 Å². The molecule has 27 heavy (non-hydrogen) atoms. The predicted molar refractivity (Wildman–Crippen MR) is 103 cm³/mol. The van der Waals surface area contributed by atoms with E-state index in [2.05, 4.69) is 10.6 Å². The highest BCUT2D eigenvalue weighted by atomic mass is 32.2. The van der Waals surface area contributed by atoms with Gasteiger partial charge in [-0.2, -0.15) is 0 Å². The number of sulfone groups is 1. The highest BCUT2D eigenvalue weighted by Gasteiger charge is 2.25. The zero-order valence-corrected chi connectivity index (χ0v) is 16.0. The minimum absolute atomic E-state index is 0.00729. The van der Waals surface area contributed by atoms with Crippen LogP contribution in [0.3, 0.4) is 0 Å². The molecular formula is C20H24N2O4S. The minimum atomic E-state index is -3.43. The van der Waals surface area contributed by atoms with Crippen molar-refractivity contribution in [3.05, 3.63) is 65.2 Å². The number of β-amino-alcohol motifs (C(OH)–C–C–N with tert-alkyl or cyclic N) is 1. The number of hydrogen-bond donors (Lipinski definition) is 3. The molecular weight excluding hydrogens is 364 g/mol. The molecule has 144 valence electrons. The molecule has 1 fully saturated rings. The van der Waals surface area contributed by atoms with Gasteiger partial charge in [-0.15, -0.1) is 0 Å². The van der Waals surface area contributed by atoms with Crippen LogP contribution in [0, 0.1) is 12.8 Å². The summed E-state index contributed by atoms with van der Waals surface area (Å²) in [5.74, 6) is -0.340. The van der Waals surface area contributed by atoms with E-state index < -0.39 is 15.9 Å². The van der Waals surface area contributed by atoms with Crippen molar-refractivity contribution >= 4 is 15.7 Å². The lowest BCUT2D eigenvalue weighted by Crippen LogP contribution is -2.34. The van der Waals surface area contributed by atoms with Crippen molar-refractivity contribution in [3.8, 4) is 0 Å². The summed E-state index contributed by atoms with van der Waals surface area (Å²) in [5.41, 5.74) is 2.10. The third-order valence-electron chi connectivity index (χ3n) is 4.78. The second kappa shape index (κ2) is 8.21. The van der Waals surface area contributed by atoms with Gasteiger partial charge in [0.1, 0.15) is 0 Å². The van der Waals surface area contributed by atoms with Gasteiger partial charge in [0.05, 0.1) is 16.8 Å². The van der Waals surface area contributed by atoms with Gasteiger partial charge in [-0.1, -0.05) is 29.8 Å². The van der Waals surface area contributed by atoms with Crippen LogP contribution in [-0.4, -0.2) is 45.2 Å². The van der Waals surface area contributed by atoms with Crippen LogP contribution in [0.25, 0.3) is 0 Å². The molecule has 0 spiro atoms. The van der Waals surface area contributed by atoms with E-state index in [-0.39, 0.29) is 17.6 Å². The lowest BCUT2D eigenvalue weighted by Gasteiger charge is -2.14. The van der Waals surface area contributed by atoms with Crippen LogP contribution in [0.4, 0.5) is 0 Å². The highest BCUT2D eigenvalue weighted by molar-refractivity contribution is 7.90. The monoisotopic (exact) mass is 388 g/mol. The zero-order valence-electron chi connectivity index (χ0n) is 15.2. The number of hydrogen-bond acceptors (Lipinski definition) is 5. The molecule has 2 unspecified atom stereocenters. The fourth-order valence-corrected chi connectivity index (χ4v) is 4.40. The van der Waals surface area contributed by atoms with E-state index in [1.54, 1.807) is 48.5 Å². The molecule has 1 amide bonds. The number of rotatable bonds is 6. The molecule has 6 nitrogen and oxygen atoms in total. The average Bonchev–Trinajstić information content (AvgIpc) is 3.05. The smallest absolute Gasteiger partial charge is 0.251 e. The maximum absolute atomic E-state index is 12.5. The first-order chi connectivity index (χ1) is 12.8. The van der Waals surface area contributed by atoms with E-state index in [0.717, 1.165) is 5.56 Å². The van der Waals surface area contributed by atoms with Gasteiger partial charge in [-0.05, 0) is 36.8 Å². The lowest BCUT2D eigenvalue weighted by atomic mass is 10.1. The molecule has 0 saturated carbocycles. The summed E-state index contributed by atoms with van der Waals surface area (Å²) in [4.78, 5) is 12.5.